The predicted octanol–water partition coefficient (Wildman–Crippen LogP) is 5.69. The second-order valence-corrected chi connectivity index (χ2v) is 5.73. The Balaban J connectivity index is 2.42. The number of thiocarbonyl (C=S) groups is 1. The summed E-state index contributed by atoms with van der Waals surface area (Å²) in [4.78, 5) is -1.06. The first-order valence-corrected chi connectivity index (χ1v) is 7.40. The van der Waals surface area contributed by atoms with Crippen LogP contribution in [-0.4, -0.2) is 11.0 Å². The summed E-state index contributed by atoms with van der Waals surface area (Å²) in [6, 6.07) is 14.6. The summed E-state index contributed by atoms with van der Waals surface area (Å²) < 4.78 is 38.3. The molecule has 0 atom stereocenters. The second-order valence-electron chi connectivity index (χ2n) is 5.29. The van der Waals surface area contributed by atoms with Crippen molar-refractivity contribution in [2.24, 2.45) is 0 Å². The lowest BCUT2D eigenvalue weighted by Crippen LogP contribution is -2.19. The minimum absolute atomic E-state index is 0.318. The molecule has 0 saturated heterocycles. The van der Waals surface area contributed by atoms with Gasteiger partial charge in [-0.1, -0.05) is 48.6 Å². The van der Waals surface area contributed by atoms with Gasteiger partial charge in [0.25, 0.3) is 0 Å². The third kappa shape index (κ3) is 4.93. The lowest BCUT2D eigenvalue weighted by Gasteiger charge is -2.14. The Morgan fingerprint density at radius 2 is 1.57 bits per heavy atom. The Kier molecular flexibility index (Phi) is 5.21. The third-order valence-electron chi connectivity index (χ3n) is 3.14. The standard InChI is InChI=1S/C18H16F3NS/c1-12-8-13(2)10-15(9-12)22-16(11-17(23)18(19,20)21)14-6-4-3-5-7-14/h3-11,22H,1-2H3/b16-11+. The molecule has 0 aliphatic heterocycles. The molecule has 0 bridgehead atoms. The number of allylic oxidation sites excluding steroid dienone is 1. The first kappa shape index (κ1) is 17.2. The molecular weight excluding hydrogens is 319 g/mol. The average Bonchev–Trinajstić information content (AvgIpc) is 2.45. The summed E-state index contributed by atoms with van der Waals surface area (Å²) in [5, 5.41) is 3.05. The minimum Gasteiger partial charge on any atom is -0.355 e. The highest BCUT2D eigenvalue weighted by Crippen LogP contribution is 2.25. The van der Waals surface area contributed by atoms with Crippen molar-refractivity contribution >= 4 is 28.5 Å². The first-order chi connectivity index (χ1) is 10.8. The molecule has 1 N–H and O–H groups in total. The number of hydrogen-bond donors (Lipinski definition) is 1. The van der Waals surface area contributed by atoms with Crippen molar-refractivity contribution in [1.82, 2.24) is 0 Å². The third-order valence-corrected chi connectivity index (χ3v) is 3.49. The van der Waals surface area contributed by atoms with E-state index in [-0.39, 0.29) is 0 Å². The smallest absolute Gasteiger partial charge is 0.355 e. The van der Waals surface area contributed by atoms with Gasteiger partial charge in [-0.2, -0.15) is 13.2 Å². The van der Waals surface area contributed by atoms with E-state index in [1.807, 2.05) is 32.0 Å². The van der Waals surface area contributed by atoms with Crippen molar-refractivity contribution in [2.75, 3.05) is 5.32 Å². The SMILES string of the molecule is Cc1cc(C)cc(N/C(=C/C(=S)C(F)(F)F)c2ccccc2)c1. The number of rotatable bonds is 4. The fourth-order valence-corrected chi connectivity index (χ4v) is 2.34. The topological polar surface area (TPSA) is 12.0 Å². The van der Waals surface area contributed by atoms with Gasteiger partial charge in [0.2, 0.25) is 0 Å². The second kappa shape index (κ2) is 6.96. The number of hydrogen-bond acceptors (Lipinski definition) is 2. The van der Waals surface area contributed by atoms with E-state index in [9.17, 15) is 13.2 Å². The highest BCUT2D eigenvalue weighted by Gasteiger charge is 2.32. The van der Waals surface area contributed by atoms with Crippen LogP contribution in [0.4, 0.5) is 18.9 Å². The van der Waals surface area contributed by atoms with Gasteiger partial charge in [-0.15, -0.1) is 0 Å². The minimum atomic E-state index is -4.53. The molecule has 0 aliphatic rings. The van der Waals surface area contributed by atoms with E-state index < -0.39 is 11.0 Å². The number of alkyl halides is 3. The summed E-state index contributed by atoms with van der Waals surface area (Å²) in [7, 11) is 0. The Labute approximate surface area is 138 Å². The Morgan fingerprint density at radius 1 is 1.00 bits per heavy atom. The Hall–Kier alpha value is -2.14. The summed E-state index contributed by atoms with van der Waals surface area (Å²) in [5.41, 5.74) is 3.73. The maximum atomic E-state index is 12.8. The van der Waals surface area contributed by atoms with E-state index in [4.69, 9.17) is 0 Å². The van der Waals surface area contributed by atoms with Gasteiger partial charge in [-0.05, 0) is 48.7 Å². The zero-order chi connectivity index (χ0) is 17.0. The van der Waals surface area contributed by atoms with Crippen molar-refractivity contribution in [3.8, 4) is 0 Å². The van der Waals surface area contributed by atoms with E-state index in [1.54, 1.807) is 30.3 Å². The molecule has 0 heterocycles. The van der Waals surface area contributed by atoms with E-state index in [0.717, 1.165) is 22.9 Å². The van der Waals surface area contributed by atoms with Crippen molar-refractivity contribution in [2.45, 2.75) is 20.0 Å². The van der Waals surface area contributed by atoms with Crippen molar-refractivity contribution in [3.63, 3.8) is 0 Å². The summed E-state index contributed by atoms with van der Waals surface area (Å²) in [5.74, 6) is 0. The highest BCUT2D eigenvalue weighted by molar-refractivity contribution is 7.81. The summed E-state index contributed by atoms with van der Waals surface area (Å²) in [6.07, 6.45) is -3.57. The van der Waals surface area contributed by atoms with Crippen molar-refractivity contribution < 1.29 is 13.2 Å². The van der Waals surface area contributed by atoms with Crippen LogP contribution in [0, 0.1) is 13.8 Å². The molecule has 0 unspecified atom stereocenters. The van der Waals surface area contributed by atoms with Gasteiger partial charge in [0.1, 0.15) is 4.86 Å². The van der Waals surface area contributed by atoms with Crippen LogP contribution < -0.4 is 5.32 Å². The maximum absolute atomic E-state index is 12.8. The van der Waals surface area contributed by atoms with Crippen molar-refractivity contribution in [1.29, 1.82) is 0 Å². The predicted molar refractivity (Wildman–Crippen MR) is 92.6 cm³/mol. The maximum Gasteiger partial charge on any atom is 0.426 e. The quantitative estimate of drug-likeness (QED) is 0.569. The molecule has 0 saturated carbocycles. The van der Waals surface area contributed by atoms with Crippen LogP contribution in [0.5, 0.6) is 0 Å². The Morgan fingerprint density at radius 3 is 2.09 bits per heavy atom. The van der Waals surface area contributed by atoms with E-state index in [0.29, 0.717) is 11.3 Å². The number of halogens is 3. The number of anilines is 1. The van der Waals surface area contributed by atoms with Crippen LogP contribution in [0.3, 0.4) is 0 Å². The van der Waals surface area contributed by atoms with E-state index in [1.165, 1.54) is 0 Å². The molecule has 0 aliphatic carbocycles. The molecule has 0 amide bonds. The largest absolute Gasteiger partial charge is 0.426 e. The molecule has 120 valence electrons. The molecule has 0 spiro atoms. The van der Waals surface area contributed by atoms with Crippen LogP contribution in [0.1, 0.15) is 16.7 Å². The molecule has 2 aromatic carbocycles. The zero-order valence-electron chi connectivity index (χ0n) is 12.7. The first-order valence-electron chi connectivity index (χ1n) is 6.99. The van der Waals surface area contributed by atoms with Gasteiger partial charge < -0.3 is 5.32 Å². The number of nitrogens with one attached hydrogen (secondary N) is 1. The van der Waals surface area contributed by atoms with Crippen LogP contribution in [0.2, 0.25) is 0 Å². The van der Waals surface area contributed by atoms with Gasteiger partial charge in [0.15, 0.2) is 0 Å². The molecule has 2 rings (SSSR count). The van der Waals surface area contributed by atoms with Gasteiger partial charge in [0, 0.05) is 11.4 Å². The summed E-state index contributed by atoms with van der Waals surface area (Å²) in [6.45, 7) is 3.87. The zero-order valence-corrected chi connectivity index (χ0v) is 13.6. The average molecular weight is 335 g/mol. The van der Waals surface area contributed by atoms with Crippen LogP contribution in [-0.2, 0) is 0 Å². The normalized spacial score (nSPS) is 12.1. The van der Waals surface area contributed by atoms with Crippen LogP contribution in [0.15, 0.2) is 54.6 Å². The van der Waals surface area contributed by atoms with Gasteiger partial charge in [-0.3, -0.25) is 0 Å². The molecule has 1 nitrogen and oxygen atoms in total. The summed E-state index contributed by atoms with van der Waals surface area (Å²) >= 11 is 4.49. The van der Waals surface area contributed by atoms with Gasteiger partial charge in [0.05, 0.1) is 0 Å². The monoisotopic (exact) mass is 335 g/mol. The van der Waals surface area contributed by atoms with E-state index in [2.05, 4.69) is 17.5 Å². The Bertz CT molecular complexity index is 713. The molecule has 5 heteroatoms. The van der Waals surface area contributed by atoms with Crippen LogP contribution in [0.25, 0.3) is 5.70 Å². The van der Waals surface area contributed by atoms with Gasteiger partial charge >= 0.3 is 6.18 Å². The molecule has 0 radical (unpaired) electrons. The fraction of sp³-hybridized carbons (Fsp3) is 0.167. The lowest BCUT2D eigenvalue weighted by molar-refractivity contribution is -0.0552. The lowest BCUT2D eigenvalue weighted by atomic mass is 10.1. The number of benzene rings is 2. The fourth-order valence-electron chi connectivity index (χ4n) is 2.22. The van der Waals surface area contributed by atoms with Crippen LogP contribution >= 0.6 is 12.2 Å². The number of aryl methyl sites for hydroxylation is 2. The van der Waals surface area contributed by atoms with Gasteiger partial charge in [-0.25, -0.2) is 0 Å². The van der Waals surface area contributed by atoms with E-state index >= 15 is 0 Å². The highest BCUT2D eigenvalue weighted by atomic mass is 32.1. The van der Waals surface area contributed by atoms with Crippen molar-refractivity contribution in [3.05, 3.63) is 71.3 Å². The molecule has 0 fully saturated rings. The molecule has 2 aromatic rings. The molecule has 23 heavy (non-hydrogen) atoms. The molecular formula is C18H16F3NS. The molecule has 0 aromatic heterocycles.